The first-order valence-electron chi connectivity index (χ1n) is 6.90. The summed E-state index contributed by atoms with van der Waals surface area (Å²) >= 11 is 7.13. The van der Waals surface area contributed by atoms with E-state index in [0.29, 0.717) is 0 Å². The molecule has 0 heterocycles. The highest BCUT2D eigenvalue weighted by Crippen LogP contribution is 2.31. The maximum Gasteiger partial charge on any atom is 0.119 e. The van der Waals surface area contributed by atoms with Gasteiger partial charge in [-0.05, 0) is 56.3 Å². The highest BCUT2D eigenvalue weighted by Gasteiger charge is 2.15. The van der Waals surface area contributed by atoms with E-state index < -0.39 is 0 Å². The van der Waals surface area contributed by atoms with Gasteiger partial charge < -0.3 is 10.1 Å². The third kappa shape index (κ3) is 4.31. The van der Waals surface area contributed by atoms with E-state index >= 15 is 0 Å². The van der Waals surface area contributed by atoms with Gasteiger partial charge in [0, 0.05) is 8.95 Å². The van der Waals surface area contributed by atoms with Crippen molar-refractivity contribution >= 4 is 31.9 Å². The predicted octanol–water partition coefficient (Wildman–Crippen LogP) is 5.31. The minimum absolute atomic E-state index is 0.139. The standard InChI is InChI=1S/C17H19Br2NO/c1-11(2)21-14-7-4-12(5-8-14)17(20-3)15-9-6-13(18)10-16(15)19/h4-11,17,20H,1-3H3. The SMILES string of the molecule is CNC(c1ccc(OC(C)C)cc1)c1ccc(Br)cc1Br. The number of nitrogens with one attached hydrogen (secondary N) is 1. The molecule has 0 spiro atoms. The number of hydrogen-bond acceptors (Lipinski definition) is 2. The summed E-state index contributed by atoms with van der Waals surface area (Å²) in [6, 6.07) is 14.6. The second kappa shape index (κ2) is 7.43. The highest BCUT2D eigenvalue weighted by atomic mass is 79.9. The van der Waals surface area contributed by atoms with Crippen molar-refractivity contribution in [2.75, 3.05) is 7.05 Å². The molecule has 1 atom stereocenters. The molecule has 0 saturated carbocycles. The Morgan fingerprint density at radius 1 is 1.00 bits per heavy atom. The van der Waals surface area contributed by atoms with Gasteiger partial charge >= 0.3 is 0 Å². The van der Waals surface area contributed by atoms with Crippen LogP contribution >= 0.6 is 31.9 Å². The molecule has 0 fully saturated rings. The van der Waals surface area contributed by atoms with Gasteiger partial charge in [-0.3, -0.25) is 0 Å². The van der Waals surface area contributed by atoms with Crippen LogP contribution < -0.4 is 10.1 Å². The van der Waals surface area contributed by atoms with Gasteiger partial charge in [0.2, 0.25) is 0 Å². The molecule has 0 aromatic heterocycles. The summed E-state index contributed by atoms with van der Waals surface area (Å²) in [5, 5.41) is 3.37. The summed E-state index contributed by atoms with van der Waals surface area (Å²) in [4.78, 5) is 0. The van der Waals surface area contributed by atoms with Gasteiger partial charge in [-0.1, -0.05) is 50.1 Å². The van der Waals surface area contributed by atoms with Crippen molar-refractivity contribution < 1.29 is 4.74 Å². The molecule has 2 aromatic rings. The van der Waals surface area contributed by atoms with Crippen molar-refractivity contribution in [3.05, 3.63) is 62.5 Å². The lowest BCUT2D eigenvalue weighted by atomic mass is 9.99. The normalized spacial score (nSPS) is 12.5. The van der Waals surface area contributed by atoms with Crippen molar-refractivity contribution in [1.82, 2.24) is 5.32 Å². The summed E-state index contributed by atoms with van der Waals surface area (Å²) in [5.74, 6) is 0.901. The molecule has 0 amide bonds. The second-order valence-corrected chi connectivity index (χ2v) is 6.89. The third-order valence-corrected chi connectivity index (χ3v) is 4.33. The van der Waals surface area contributed by atoms with Crippen molar-refractivity contribution in [3.63, 3.8) is 0 Å². The van der Waals surface area contributed by atoms with E-state index in [1.165, 1.54) is 11.1 Å². The molecule has 1 N–H and O–H groups in total. The zero-order valence-electron chi connectivity index (χ0n) is 12.4. The average molecular weight is 413 g/mol. The number of benzene rings is 2. The van der Waals surface area contributed by atoms with Crippen LogP contribution in [-0.2, 0) is 0 Å². The van der Waals surface area contributed by atoms with Crippen LogP contribution in [0.5, 0.6) is 5.75 Å². The summed E-state index contributed by atoms with van der Waals surface area (Å²) in [6.07, 6.45) is 0.191. The molecule has 2 aromatic carbocycles. The smallest absolute Gasteiger partial charge is 0.119 e. The van der Waals surface area contributed by atoms with E-state index in [2.05, 4.69) is 67.5 Å². The van der Waals surface area contributed by atoms with Crippen LogP contribution in [0, 0.1) is 0 Å². The Morgan fingerprint density at radius 2 is 1.67 bits per heavy atom. The molecule has 1 unspecified atom stereocenters. The van der Waals surface area contributed by atoms with Gasteiger partial charge in [-0.15, -0.1) is 0 Å². The quantitative estimate of drug-likeness (QED) is 0.718. The molecule has 0 radical (unpaired) electrons. The van der Waals surface area contributed by atoms with E-state index in [1.807, 2.05) is 33.0 Å². The molecule has 0 bridgehead atoms. The van der Waals surface area contributed by atoms with Crippen LogP contribution in [0.1, 0.15) is 31.0 Å². The van der Waals surface area contributed by atoms with Crippen molar-refractivity contribution in [3.8, 4) is 5.75 Å². The van der Waals surface area contributed by atoms with Crippen LogP contribution in [0.4, 0.5) is 0 Å². The molecular formula is C17H19Br2NO. The Balaban J connectivity index is 2.28. The number of hydrogen-bond donors (Lipinski definition) is 1. The van der Waals surface area contributed by atoms with Crippen molar-refractivity contribution in [1.29, 1.82) is 0 Å². The van der Waals surface area contributed by atoms with Crippen LogP contribution in [0.3, 0.4) is 0 Å². The molecule has 2 nitrogen and oxygen atoms in total. The Bertz CT molecular complexity index is 596. The largest absolute Gasteiger partial charge is 0.491 e. The van der Waals surface area contributed by atoms with E-state index in [-0.39, 0.29) is 12.1 Å². The number of ether oxygens (including phenoxy) is 1. The summed E-state index contributed by atoms with van der Waals surface area (Å²) < 4.78 is 7.84. The Morgan fingerprint density at radius 3 is 2.19 bits per heavy atom. The van der Waals surface area contributed by atoms with E-state index in [1.54, 1.807) is 0 Å². The summed E-state index contributed by atoms with van der Waals surface area (Å²) in [7, 11) is 1.97. The lowest BCUT2D eigenvalue weighted by molar-refractivity contribution is 0.242. The molecule has 0 aliphatic rings. The van der Waals surface area contributed by atoms with Gasteiger partial charge in [0.15, 0.2) is 0 Å². The summed E-state index contributed by atoms with van der Waals surface area (Å²) in [5.41, 5.74) is 2.41. The van der Waals surface area contributed by atoms with Gasteiger partial charge in [-0.2, -0.15) is 0 Å². The first-order chi connectivity index (χ1) is 10.0. The molecular weight excluding hydrogens is 394 g/mol. The Hall–Kier alpha value is -0.840. The van der Waals surface area contributed by atoms with Crippen LogP contribution in [0.2, 0.25) is 0 Å². The lowest BCUT2D eigenvalue weighted by Crippen LogP contribution is -2.18. The van der Waals surface area contributed by atoms with Gasteiger partial charge in [0.25, 0.3) is 0 Å². The summed E-state index contributed by atoms with van der Waals surface area (Å²) in [6.45, 7) is 4.06. The predicted molar refractivity (Wildman–Crippen MR) is 95.0 cm³/mol. The van der Waals surface area contributed by atoms with Gasteiger partial charge in [0.1, 0.15) is 5.75 Å². The average Bonchev–Trinajstić information content (AvgIpc) is 2.43. The van der Waals surface area contributed by atoms with Crippen molar-refractivity contribution in [2.45, 2.75) is 26.0 Å². The molecule has 112 valence electrons. The fourth-order valence-electron chi connectivity index (χ4n) is 2.25. The lowest BCUT2D eigenvalue weighted by Gasteiger charge is -2.19. The maximum atomic E-state index is 5.69. The maximum absolute atomic E-state index is 5.69. The minimum Gasteiger partial charge on any atom is -0.491 e. The van der Waals surface area contributed by atoms with E-state index in [4.69, 9.17) is 4.74 Å². The topological polar surface area (TPSA) is 21.3 Å². The van der Waals surface area contributed by atoms with Crippen LogP contribution in [0.15, 0.2) is 51.4 Å². The Labute approximate surface area is 143 Å². The number of rotatable bonds is 5. The molecule has 0 aliphatic heterocycles. The zero-order chi connectivity index (χ0) is 15.4. The van der Waals surface area contributed by atoms with Crippen molar-refractivity contribution in [2.24, 2.45) is 0 Å². The zero-order valence-corrected chi connectivity index (χ0v) is 15.5. The second-order valence-electron chi connectivity index (χ2n) is 5.12. The fourth-order valence-corrected chi connectivity index (χ4v) is 3.52. The third-order valence-electron chi connectivity index (χ3n) is 3.15. The molecule has 0 saturated heterocycles. The monoisotopic (exact) mass is 411 g/mol. The number of halogens is 2. The van der Waals surface area contributed by atoms with Gasteiger partial charge in [0.05, 0.1) is 12.1 Å². The minimum atomic E-state index is 0.139. The Kier molecular flexibility index (Phi) is 5.85. The van der Waals surface area contributed by atoms with Gasteiger partial charge in [-0.25, -0.2) is 0 Å². The first-order valence-corrected chi connectivity index (χ1v) is 8.48. The van der Waals surface area contributed by atoms with Crippen LogP contribution in [-0.4, -0.2) is 13.2 Å². The van der Waals surface area contributed by atoms with E-state index in [0.717, 1.165) is 14.7 Å². The van der Waals surface area contributed by atoms with E-state index in [9.17, 15) is 0 Å². The first kappa shape index (κ1) is 16.5. The molecule has 0 aliphatic carbocycles. The van der Waals surface area contributed by atoms with Crippen LogP contribution in [0.25, 0.3) is 0 Å². The highest BCUT2D eigenvalue weighted by molar-refractivity contribution is 9.11. The molecule has 21 heavy (non-hydrogen) atoms. The fraction of sp³-hybridized carbons (Fsp3) is 0.294. The molecule has 2 rings (SSSR count). The molecule has 4 heteroatoms.